The van der Waals surface area contributed by atoms with Crippen LogP contribution in [-0.4, -0.2) is 20.4 Å². The first-order valence-electron chi connectivity index (χ1n) is 7.55. The van der Waals surface area contributed by atoms with Crippen molar-refractivity contribution in [2.24, 2.45) is 0 Å². The third-order valence-corrected chi connectivity index (χ3v) is 4.94. The van der Waals surface area contributed by atoms with E-state index in [2.05, 4.69) is 15.3 Å². The van der Waals surface area contributed by atoms with E-state index < -0.39 is 5.54 Å². The van der Waals surface area contributed by atoms with Crippen molar-refractivity contribution >= 4 is 28.3 Å². The number of carbonyl (C=O) groups excluding carboxylic acids is 1. The molecular weight excluding hydrogens is 324 g/mol. The summed E-state index contributed by atoms with van der Waals surface area (Å²) in [7, 11) is 0. The lowest BCUT2D eigenvalue weighted by molar-refractivity contribution is -0.123. The predicted molar refractivity (Wildman–Crippen MR) is 94.0 cm³/mol. The van der Waals surface area contributed by atoms with Crippen molar-refractivity contribution in [1.82, 2.24) is 19.9 Å². The van der Waals surface area contributed by atoms with Gasteiger partial charge in [0.25, 0.3) is 5.56 Å². The van der Waals surface area contributed by atoms with Crippen LogP contribution in [0.4, 0.5) is 0 Å². The first kappa shape index (κ1) is 16.3. The Kier molecular flexibility index (Phi) is 4.19. The molecule has 0 saturated heterocycles. The molecule has 7 heteroatoms. The molecule has 3 aromatic rings. The molecule has 0 unspecified atom stereocenters. The number of nitrogens with zero attached hydrogens (tertiary/aromatic N) is 3. The van der Waals surface area contributed by atoms with Crippen LogP contribution in [0.25, 0.3) is 11.0 Å². The molecule has 0 bridgehead atoms. The highest BCUT2D eigenvalue weighted by Crippen LogP contribution is 2.23. The van der Waals surface area contributed by atoms with Gasteiger partial charge >= 0.3 is 0 Å². The molecular formula is C17H18N4O2S. The minimum atomic E-state index is -0.595. The summed E-state index contributed by atoms with van der Waals surface area (Å²) in [5, 5.41) is 5.74. The number of amides is 1. The highest BCUT2D eigenvalue weighted by atomic mass is 32.1. The Morgan fingerprint density at radius 2 is 2.08 bits per heavy atom. The van der Waals surface area contributed by atoms with Gasteiger partial charge in [-0.2, -0.15) is 0 Å². The van der Waals surface area contributed by atoms with Gasteiger partial charge in [0.1, 0.15) is 11.6 Å². The third kappa shape index (κ3) is 3.21. The first-order chi connectivity index (χ1) is 11.4. The van der Waals surface area contributed by atoms with Crippen molar-refractivity contribution in [1.29, 1.82) is 0 Å². The molecule has 2 heterocycles. The van der Waals surface area contributed by atoms with Crippen LogP contribution in [0.5, 0.6) is 0 Å². The predicted octanol–water partition coefficient (Wildman–Crippen LogP) is 2.21. The number of carbonyl (C=O) groups is 1. The van der Waals surface area contributed by atoms with E-state index >= 15 is 0 Å². The molecule has 0 radical (unpaired) electrons. The van der Waals surface area contributed by atoms with Gasteiger partial charge < -0.3 is 5.32 Å². The minimum Gasteiger partial charge on any atom is -0.343 e. The number of hydrogen-bond donors (Lipinski definition) is 1. The normalized spacial score (nSPS) is 11.6. The van der Waals surface area contributed by atoms with Crippen LogP contribution < -0.4 is 10.9 Å². The molecule has 0 aliphatic heterocycles. The Morgan fingerprint density at radius 1 is 1.33 bits per heavy atom. The Balaban J connectivity index is 1.85. The van der Waals surface area contributed by atoms with Gasteiger partial charge in [-0.25, -0.2) is 9.97 Å². The number of thiazole rings is 1. The topological polar surface area (TPSA) is 76.9 Å². The SMILES string of the molecule is Cc1csc(C(C)(C)NC(=O)Cn2c(=O)cnc3ccccc32)n1. The number of aryl methyl sites for hydroxylation is 1. The van der Waals surface area contributed by atoms with Gasteiger partial charge in [0.05, 0.1) is 22.8 Å². The molecule has 24 heavy (non-hydrogen) atoms. The van der Waals surface area contributed by atoms with Crippen LogP contribution in [0, 0.1) is 6.92 Å². The van der Waals surface area contributed by atoms with Crippen LogP contribution in [-0.2, 0) is 16.9 Å². The van der Waals surface area contributed by atoms with Gasteiger partial charge in [0.2, 0.25) is 5.91 Å². The zero-order valence-electron chi connectivity index (χ0n) is 13.7. The van der Waals surface area contributed by atoms with E-state index in [0.717, 1.165) is 10.7 Å². The lowest BCUT2D eigenvalue weighted by atomic mass is 10.1. The molecule has 1 N–H and O–H groups in total. The molecule has 0 fully saturated rings. The summed E-state index contributed by atoms with van der Waals surface area (Å²) in [6.45, 7) is 5.66. The van der Waals surface area contributed by atoms with Gasteiger partial charge in [0.15, 0.2) is 0 Å². The second-order valence-electron chi connectivity index (χ2n) is 6.14. The fraction of sp³-hybridized carbons (Fsp3) is 0.294. The largest absolute Gasteiger partial charge is 0.343 e. The fourth-order valence-electron chi connectivity index (χ4n) is 2.50. The molecule has 6 nitrogen and oxygen atoms in total. The number of rotatable bonds is 4. The van der Waals surface area contributed by atoms with E-state index in [-0.39, 0.29) is 18.0 Å². The maximum atomic E-state index is 12.5. The standard InChI is InChI=1S/C17H18N4O2S/c1-11-10-24-16(19-11)17(2,3)20-14(22)9-21-13-7-5-4-6-12(13)18-8-15(21)23/h4-8,10H,9H2,1-3H3,(H,20,22). The maximum absolute atomic E-state index is 12.5. The summed E-state index contributed by atoms with van der Waals surface area (Å²) in [5.74, 6) is -0.244. The van der Waals surface area contributed by atoms with Crippen LogP contribution in [0.1, 0.15) is 24.5 Å². The molecule has 0 aliphatic rings. The van der Waals surface area contributed by atoms with Crippen molar-refractivity contribution in [2.45, 2.75) is 32.9 Å². The van der Waals surface area contributed by atoms with E-state index in [4.69, 9.17) is 0 Å². The van der Waals surface area contributed by atoms with Gasteiger partial charge in [-0.1, -0.05) is 12.1 Å². The minimum absolute atomic E-state index is 0.0599. The zero-order valence-corrected chi connectivity index (χ0v) is 14.6. The summed E-state index contributed by atoms with van der Waals surface area (Å²) >= 11 is 1.51. The van der Waals surface area contributed by atoms with E-state index in [1.165, 1.54) is 22.1 Å². The maximum Gasteiger partial charge on any atom is 0.269 e. The number of aromatic nitrogens is 3. The molecule has 0 aliphatic carbocycles. The number of fused-ring (bicyclic) bond motifs is 1. The molecule has 2 aromatic heterocycles. The number of para-hydroxylation sites is 2. The summed E-state index contributed by atoms with van der Waals surface area (Å²) in [5.41, 5.74) is 1.35. The fourth-order valence-corrected chi connectivity index (χ4v) is 3.38. The Bertz CT molecular complexity index is 958. The van der Waals surface area contributed by atoms with Crippen LogP contribution in [0.3, 0.4) is 0 Å². The van der Waals surface area contributed by atoms with Crippen LogP contribution in [0.2, 0.25) is 0 Å². The van der Waals surface area contributed by atoms with Crippen molar-refractivity contribution in [3.05, 3.63) is 56.9 Å². The molecule has 0 saturated carbocycles. The highest BCUT2D eigenvalue weighted by molar-refractivity contribution is 7.09. The van der Waals surface area contributed by atoms with Crippen molar-refractivity contribution in [3.63, 3.8) is 0 Å². The molecule has 0 atom stereocenters. The number of hydrogen-bond acceptors (Lipinski definition) is 5. The van der Waals surface area contributed by atoms with Crippen LogP contribution in [0.15, 0.2) is 40.6 Å². The lowest BCUT2D eigenvalue weighted by Gasteiger charge is -2.24. The summed E-state index contributed by atoms with van der Waals surface area (Å²) in [4.78, 5) is 33.1. The summed E-state index contributed by atoms with van der Waals surface area (Å²) in [6, 6.07) is 7.26. The average Bonchev–Trinajstić information content (AvgIpc) is 2.97. The highest BCUT2D eigenvalue weighted by Gasteiger charge is 2.26. The lowest BCUT2D eigenvalue weighted by Crippen LogP contribution is -2.43. The number of benzene rings is 1. The van der Waals surface area contributed by atoms with Gasteiger partial charge in [-0.3, -0.25) is 14.2 Å². The molecule has 1 amide bonds. The monoisotopic (exact) mass is 342 g/mol. The van der Waals surface area contributed by atoms with Crippen LogP contribution >= 0.6 is 11.3 Å². The van der Waals surface area contributed by atoms with E-state index in [1.807, 2.05) is 44.4 Å². The quantitative estimate of drug-likeness (QED) is 0.789. The Morgan fingerprint density at radius 3 is 2.79 bits per heavy atom. The molecule has 124 valence electrons. The Labute approximate surface area is 143 Å². The first-order valence-corrected chi connectivity index (χ1v) is 8.43. The van der Waals surface area contributed by atoms with E-state index in [9.17, 15) is 9.59 Å². The summed E-state index contributed by atoms with van der Waals surface area (Å²) < 4.78 is 1.43. The van der Waals surface area contributed by atoms with Gasteiger partial charge in [-0.15, -0.1) is 11.3 Å². The second-order valence-corrected chi connectivity index (χ2v) is 7.00. The third-order valence-electron chi connectivity index (χ3n) is 3.66. The van der Waals surface area contributed by atoms with Crippen molar-refractivity contribution in [2.75, 3.05) is 0 Å². The van der Waals surface area contributed by atoms with Gasteiger partial charge in [-0.05, 0) is 32.9 Å². The average molecular weight is 342 g/mol. The number of nitrogens with one attached hydrogen (secondary N) is 1. The summed E-state index contributed by atoms with van der Waals surface area (Å²) in [6.07, 6.45) is 1.24. The van der Waals surface area contributed by atoms with Crippen molar-refractivity contribution in [3.8, 4) is 0 Å². The molecule has 0 spiro atoms. The molecule has 3 rings (SSSR count). The second kappa shape index (κ2) is 6.16. The Hall–Kier alpha value is -2.54. The molecule has 1 aromatic carbocycles. The zero-order chi connectivity index (χ0) is 17.3. The van der Waals surface area contributed by atoms with Gasteiger partial charge in [0, 0.05) is 11.1 Å². The van der Waals surface area contributed by atoms with Crippen molar-refractivity contribution < 1.29 is 4.79 Å². The van der Waals surface area contributed by atoms with E-state index in [1.54, 1.807) is 6.07 Å². The van der Waals surface area contributed by atoms with E-state index in [0.29, 0.717) is 11.0 Å². The smallest absolute Gasteiger partial charge is 0.269 e.